The first-order valence-electron chi connectivity index (χ1n) is 8.16. The van der Waals surface area contributed by atoms with Crippen LogP contribution >= 0.6 is 0 Å². The van der Waals surface area contributed by atoms with Crippen molar-refractivity contribution in [3.05, 3.63) is 66.2 Å². The molecule has 2 aromatic rings. The maximum atomic E-state index is 12.3. The van der Waals surface area contributed by atoms with Gasteiger partial charge in [0.1, 0.15) is 6.54 Å². The molecule has 3 amide bonds. The number of carbonyl (C=O) groups excluding carboxylic acids is 4. The van der Waals surface area contributed by atoms with Crippen molar-refractivity contribution in [1.82, 2.24) is 0 Å². The van der Waals surface area contributed by atoms with E-state index in [1.807, 2.05) is 6.07 Å². The van der Waals surface area contributed by atoms with E-state index in [-0.39, 0.29) is 17.8 Å². The molecule has 0 radical (unpaired) electrons. The Morgan fingerprint density at radius 2 is 1.86 bits per heavy atom. The SMILES string of the molecule is C=CC(=O)Nc1ccc2c(c1)C(=O)C(=O)N2CC(=O)Nc1cccc(C#N)c1. The van der Waals surface area contributed by atoms with Crippen molar-refractivity contribution >= 4 is 40.6 Å². The van der Waals surface area contributed by atoms with E-state index in [2.05, 4.69) is 17.2 Å². The zero-order chi connectivity index (χ0) is 20.3. The van der Waals surface area contributed by atoms with Crippen LogP contribution in [0.2, 0.25) is 0 Å². The first-order valence-corrected chi connectivity index (χ1v) is 8.16. The Bertz CT molecular complexity index is 1070. The van der Waals surface area contributed by atoms with E-state index in [0.717, 1.165) is 11.0 Å². The highest BCUT2D eigenvalue weighted by Gasteiger charge is 2.37. The number of nitrogens with zero attached hydrogens (tertiary/aromatic N) is 2. The summed E-state index contributed by atoms with van der Waals surface area (Å²) in [5.74, 6) is -2.56. The first kappa shape index (κ1) is 18.5. The van der Waals surface area contributed by atoms with Crippen LogP contribution < -0.4 is 15.5 Å². The molecule has 28 heavy (non-hydrogen) atoms. The van der Waals surface area contributed by atoms with Gasteiger partial charge < -0.3 is 10.6 Å². The zero-order valence-electron chi connectivity index (χ0n) is 14.6. The van der Waals surface area contributed by atoms with Gasteiger partial charge in [-0.2, -0.15) is 5.26 Å². The predicted molar refractivity (Wildman–Crippen MR) is 102 cm³/mol. The van der Waals surface area contributed by atoms with Crippen molar-refractivity contribution in [3.8, 4) is 6.07 Å². The summed E-state index contributed by atoms with van der Waals surface area (Å²) in [6, 6.07) is 12.7. The molecule has 138 valence electrons. The van der Waals surface area contributed by atoms with Crippen LogP contribution in [0.5, 0.6) is 0 Å². The molecule has 0 bridgehead atoms. The molecule has 0 aromatic heterocycles. The van der Waals surface area contributed by atoms with Crippen molar-refractivity contribution in [2.45, 2.75) is 0 Å². The van der Waals surface area contributed by atoms with E-state index >= 15 is 0 Å². The van der Waals surface area contributed by atoms with Gasteiger partial charge in [0, 0.05) is 11.4 Å². The number of hydrogen-bond donors (Lipinski definition) is 2. The molecule has 0 aliphatic carbocycles. The first-order chi connectivity index (χ1) is 13.4. The van der Waals surface area contributed by atoms with Gasteiger partial charge in [0.2, 0.25) is 11.8 Å². The number of benzene rings is 2. The third-order valence-corrected chi connectivity index (χ3v) is 4.00. The van der Waals surface area contributed by atoms with E-state index in [1.165, 1.54) is 24.3 Å². The van der Waals surface area contributed by atoms with Crippen LogP contribution in [-0.2, 0) is 14.4 Å². The minimum Gasteiger partial charge on any atom is -0.324 e. The lowest BCUT2D eigenvalue weighted by Crippen LogP contribution is -2.37. The fraction of sp³-hybridized carbons (Fsp3) is 0.0500. The number of Topliss-reactive ketones (excluding diaryl/α,β-unsaturated/α-hetero) is 1. The quantitative estimate of drug-likeness (QED) is 0.611. The van der Waals surface area contributed by atoms with Gasteiger partial charge in [0.25, 0.3) is 11.7 Å². The molecule has 0 saturated carbocycles. The van der Waals surface area contributed by atoms with Crippen molar-refractivity contribution in [2.75, 3.05) is 22.1 Å². The number of hydrogen-bond acceptors (Lipinski definition) is 5. The molecule has 1 aliphatic rings. The van der Waals surface area contributed by atoms with Crippen LogP contribution in [0.3, 0.4) is 0 Å². The fourth-order valence-corrected chi connectivity index (χ4v) is 2.74. The number of anilines is 3. The molecule has 8 heteroatoms. The van der Waals surface area contributed by atoms with Crippen LogP contribution in [0, 0.1) is 11.3 Å². The Labute approximate surface area is 160 Å². The van der Waals surface area contributed by atoms with Gasteiger partial charge in [-0.15, -0.1) is 0 Å². The highest BCUT2D eigenvalue weighted by Crippen LogP contribution is 2.31. The van der Waals surface area contributed by atoms with Crippen molar-refractivity contribution in [3.63, 3.8) is 0 Å². The lowest BCUT2D eigenvalue weighted by atomic mass is 10.1. The molecule has 2 aromatic carbocycles. The lowest BCUT2D eigenvalue weighted by molar-refractivity contribution is -0.118. The molecule has 1 aliphatic heterocycles. The molecule has 1 heterocycles. The molecule has 8 nitrogen and oxygen atoms in total. The minimum absolute atomic E-state index is 0.103. The van der Waals surface area contributed by atoms with Crippen molar-refractivity contribution in [1.29, 1.82) is 5.26 Å². The molecular formula is C20H14N4O4. The second-order valence-electron chi connectivity index (χ2n) is 5.89. The number of nitriles is 1. The van der Waals surface area contributed by atoms with Crippen molar-refractivity contribution < 1.29 is 19.2 Å². The summed E-state index contributed by atoms with van der Waals surface area (Å²) in [5, 5.41) is 14.0. The summed E-state index contributed by atoms with van der Waals surface area (Å²) in [7, 11) is 0. The Morgan fingerprint density at radius 3 is 2.57 bits per heavy atom. The van der Waals surface area contributed by atoms with Crippen LogP contribution in [0.1, 0.15) is 15.9 Å². The predicted octanol–water partition coefficient (Wildman–Crippen LogP) is 1.85. The summed E-state index contributed by atoms with van der Waals surface area (Å²) in [6.07, 6.45) is 1.08. The Morgan fingerprint density at radius 1 is 1.11 bits per heavy atom. The molecule has 0 saturated heterocycles. The van der Waals surface area contributed by atoms with Gasteiger partial charge >= 0.3 is 0 Å². The zero-order valence-corrected chi connectivity index (χ0v) is 14.6. The number of amides is 3. The number of carbonyl (C=O) groups is 4. The average Bonchev–Trinajstić information content (AvgIpc) is 2.92. The highest BCUT2D eigenvalue weighted by molar-refractivity contribution is 6.52. The van der Waals surface area contributed by atoms with E-state index in [1.54, 1.807) is 18.2 Å². The third kappa shape index (κ3) is 3.64. The van der Waals surface area contributed by atoms with Crippen LogP contribution in [0.4, 0.5) is 17.1 Å². The smallest absolute Gasteiger partial charge is 0.299 e. The highest BCUT2D eigenvalue weighted by atomic mass is 16.2. The topological polar surface area (TPSA) is 119 Å². The number of fused-ring (bicyclic) bond motifs is 1. The lowest BCUT2D eigenvalue weighted by Gasteiger charge is -2.16. The number of ketones is 1. The largest absolute Gasteiger partial charge is 0.324 e. The molecule has 0 atom stereocenters. The van der Waals surface area contributed by atoms with Gasteiger partial charge in [-0.25, -0.2) is 0 Å². The van der Waals surface area contributed by atoms with Gasteiger partial charge in [0.05, 0.1) is 22.9 Å². The maximum absolute atomic E-state index is 12.3. The minimum atomic E-state index is -0.830. The van der Waals surface area contributed by atoms with E-state index < -0.39 is 23.5 Å². The standard InChI is InChI=1S/C20H14N4O4/c1-2-17(25)22-14-6-7-16-15(9-14)19(27)20(28)24(16)11-18(26)23-13-5-3-4-12(8-13)10-21/h2-9H,1,11H2,(H,22,25)(H,23,26). The average molecular weight is 374 g/mol. The second kappa shape index (κ2) is 7.55. The molecule has 0 spiro atoms. The van der Waals surface area contributed by atoms with Gasteiger partial charge in [-0.05, 0) is 42.5 Å². The normalized spacial score (nSPS) is 12.2. The van der Waals surface area contributed by atoms with Crippen molar-refractivity contribution in [2.24, 2.45) is 0 Å². The monoisotopic (exact) mass is 374 g/mol. The summed E-state index contributed by atoms with van der Waals surface area (Å²) in [6.45, 7) is 2.97. The van der Waals surface area contributed by atoms with Gasteiger partial charge in [-0.3, -0.25) is 24.1 Å². The van der Waals surface area contributed by atoms with Gasteiger partial charge in [0.15, 0.2) is 0 Å². The molecule has 0 unspecified atom stereocenters. The van der Waals surface area contributed by atoms with E-state index in [4.69, 9.17) is 5.26 Å². The van der Waals surface area contributed by atoms with E-state index in [9.17, 15) is 19.2 Å². The Kier molecular flexibility index (Phi) is 5.00. The molecule has 3 rings (SSSR count). The van der Waals surface area contributed by atoms with Crippen LogP contribution in [-0.4, -0.2) is 30.0 Å². The summed E-state index contributed by atoms with van der Waals surface area (Å²) < 4.78 is 0. The Balaban J connectivity index is 1.78. The summed E-state index contributed by atoms with van der Waals surface area (Å²) in [5.41, 5.74) is 1.51. The Hall–Kier alpha value is -4.25. The van der Waals surface area contributed by atoms with Crippen LogP contribution in [0.25, 0.3) is 0 Å². The summed E-state index contributed by atoms with van der Waals surface area (Å²) >= 11 is 0. The summed E-state index contributed by atoms with van der Waals surface area (Å²) in [4.78, 5) is 49.3. The van der Waals surface area contributed by atoms with E-state index in [0.29, 0.717) is 16.9 Å². The third-order valence-electron chi connectivity index (χ3n) is 4.00. The fourth-order valence-electron chi connectivity index (χ4n) is 2.74. The second-order valence-corrected chi connectivity index (χ2v) is 5.89. The van der Waals surface area contributed by atoms with Gasteiger partial charge in [-0.1, -0.05) is 12.6 Å². The number of rotatable bonds is 5. The maximum Gasteiger partial charge on any atom is 0.299 e. The molecular weight excluding hydrogens is 360 g/mol. The molecule has 0 fully saturated rings. The van der Waals surface area contributed by atoms with Crippen LogP contribution in [0.15, 0.2) is 55.1 Å². The number of nitrogens with one attached hydrogen (secondary N) is 2. The molecule has 2 N–H and O–H groups in total.